The van der Waals surface area contributed by atoms with E-state index in [1.807, 2.05) is 57.2 Å². The fraction of sp³-hybridized carbons (Fsp3) is 0.217. The smallest absolute Gasteiger partial charge is 0.276 e. The first-order chi connectivity index (χ1) is 14.3. The Balaban J connectivity index is 1.66. The maximum Gasteiger partial charge on any atom is 0.276 e. The van der Waals surface area contributed by atoms with Gasteiger partial charge < -0.3 is 10.6 Å². The average Bonchev–Trinajstić information content (AvgIpc) is 2.70. The number of hydrogen-bond donors (Lipinski definition) is 2. The molecule has 0 radical (unpaired) electrons. The summed E-state index contributed by atoms with van der Waals surface area (Å²) in [6.07, 6.45) is 0.0588. The van der Waals surface area contributed by atoms with Crippen molar-refractivity contribution in [2.24, 2.45) is 0 Å². The fourth-order valence-electron chi connectivity index (χ4n) is 2.94. The third kappa shape index (κ3) is 5.41. The van der Waals surface area contributed by atoms with Crippen molar-refractivity contribution in [1.29, 1.82) is 0 Å². The highest BCUT2D eigenvalue weighted by Crippen LogP contribution is 2.16. The van der Waals surface area contributed by atoms with Crippen molar-refractivity contribution < 1.29 is 9.59 Å². The van der Waals surface area contributed by atoms with Crippen LogP contribution in [-0.4, -0.2) is 21.6 Å². The topological polar surface area (TPSA) is 93.1 Å². The molecule has 2 aromatic carbocycles. The molecular weight excluding hydrogens is 380 g/mol. The lowest BCUT2D eigenvalue weighted by Crippen LogP contribution is -2.28. The van der Waals surface area contributed by atoms with E-state index in [1.54, 1.807) is 6.07 Å². The number of anilines is 2. The van der Waals surface area contributed by atoms with Gasteiger partial charge in [-0.25, -0.2) is 4.68 Å². The van der Waals surface area contributed by atoms with Gasteiger partial charge in [0.25, 0.3) is 11.5 Å². The number of carbonyl (C=O) groups excluding carboxylic acids is 2. The largest absolute Gasteiger partial charge is 0.326 e. The highest BCUT2D eigenvalue weighted by Gasteiger charge is 2.12. The first kappa shape index (κ1) is 21.0. The molecule has 0 bridgehead atoms. The highest BCUT2D eigenvalue weighted by atomic mass is 16.2. The predicted molar refractivity (Wildman–Crippen MR) is 117 cm³/mol. The Morgan fingerprint density at radius 3 is 2.47 bits per heavy atom. The van der Waals surface area contributed by atoms with Crippen LogP contribution < -0.4 is 16.2 Å². The molecular formula is C23H24N4O3. The summed E-state index contributed by atoms with van der Waals surface area (Å²) in [6, 6.07) is 15.8. The van der Waals surface area contributed by atoms with E-state index >= 15 is 0 Å². The van der Waals surface area contributed by atoms with E-state index in [9.17, 15) is 14.4 Å². The van der Waals surface area contributed by atoms with Crippen molar-refractivity contribution in [1.82, 2.24) is 9.78 Å². The van der Waals surface area contributed by atoms with Crippen LogP contribution in [0.2, 0.25) is 0 Å². The van der Waals surface area contributed by atoms with Gasteiger partial charge in [-0.1, -0.05) is 24.3 Å². The van der Waals surface area contributed by atoms with Gasteiger partial charge in [0.1, 0.15) is 5.69 Å². The Morgan fingerprint density at radius 1 is 0.933 bits per heavy atom. The molecule has 7 heteroatoms. The summed E-state index contributed by atoms with van der Waals surface area (Å²) in [4.78, 5) is 36.9. The number of benzene rings is 2. The van der Waals surface area contributed by atoms with Gasteiger partial charge >= 0.3 is 0 Å². The zero-order valence-electron chi connectivity index (χ0n) is 17.2. The molecule has 3 rings (SSSR count). The van der Waals surface area contributed by atoms with Gasteiger partial charge in [0, 0.05) is 23.9 Å². The van der Waals surface area contributed by atoms with E-state index in [4.69, 9.17) is 0 Å². The zero-order valence-corrected chi connectivity index (χ0v) is 17.2. The molecule has 7 nitrogen and oxygen atoms in total. The Labute approximate surface area is 174 Å². The van der Waals surface area contributed by atoms with Crippen molar-refractivity contribution in [2.75, 3.05) is 10.6 Å². The van der Waals surface area contributed by atoms with Crippen LogP contribution in [0.15, 0.2) is 59.4 Å². The van der Waals surface area contributed by atoms with Crippen molar-refractivity contribution in [3.63, 3.8) is 0 Å². The van der Waals surface area contributed by atoms with Crippen LogP contribution in [0.1, 0.15) is 33.6 Å². The van der Waals surface area contributed by atoms with E-state index in [0.717, 1.165) is 27.1 Å². The molecule has 154 valence electrons. The molecule has 0 saturated carbocycles. The number of nitrogens with zero attached hydrogens (tertiary/aromatic N) is 2. The van der Waals surface area contributed by atoms with Crippen LogP contribution in [0, 0.1) is 20.8 Å². The minimum absolute atomic E-state index is 0.0588. The summed E-state index contributed by atoms with van der Waals surface area (Å²) in [5.74, 6) is -0.652. The van der Waals surface area contributed by atoms with Crippen LogP contribution in [0.4, 0.5) is 11.4 Å². The minimum Gasteiger partial charge on any atom is -0.326 e. The number of carbonyl (C=O) groups is 2. The molecule has 0 aliphatic rings. The quantitative estimate of drug-likeness (QED) is 0.658. The van der Waals surface area contributed by atoms with Gasteiger partial charge in [0.05, 0.1) is 6.54 Å². The molecule has 0 unspecified atom stereocenters. The van der Waals surface area contributed by atoms with E-state index in [0.29, 0.717) is 5.69 Å². The fourth-order valence-corrected chi connectivity index (χ4v) is 2.94. The van der Waals surface area contributed by atoms with Crippen molar-refractivity contribution in [2.45, 2.75) is 33.7 Å². The SMILES string of the molecule is Cc1cccc(NC(=O)c2ccc(=O)n(CCC(=O)Nc3cc(C)ccc3C)n2)c1. The number of hydrogen-bond acceptors (Lipinski definition) is 4. The molecule has 2 N–H and O–H groups in total. The molecule has 3 aromatic rings. The van der Waals surface area contributed by atoms with Gasteiger partial charge in [0.2, 0.25) is 5.91 Å². The molecule has 1 aromatic heterocycles. The van der Waals surface area contributed by atoms with Gasteiger partial charge in [0.15, 0.2) is 0 Å². The third-order valence-corrected chi connectivity index (χ3v) is 4.59. The second-order valence-electron chi connectivity index (χ2n) is 7.22. The number of rotatable bonds is 6. The number of amides is 2. The molecule has 0 saturated heterocycles. The first-order valence-electron chi connectivity index (χ1n) is 9.65. The van der Waals surface area contributed by atoms with Crippen LogP contribution in [0.3, 0.4) is 0 Å². The number of nitrogens with one attached hydrogen (secondary N) is 2. The Kier molecular flexibility index (Phi) is 6.41. The van der Waals surface area contributed by atoms with Crippen molar-refractivity contribution in [3.05, 3.63) is 87.3 Å². The number of aromatic nitrogens is 2. The third-order valence-electron chi connectivity index (χ3n) is 4.59. The summed E-state index contributed by atoms with van der Waals surface area (Å²) < 4.78 is 1.13. The van der Waals surface area contributed by atoms with Crippen LogP contribution in [0.25, 0.3) is 0 Å². The van der Waals surface area contributed by atoms with Gasteiger partial charge in [-0.05, 0) is 61.7 Å². The average molecular weight is 404 g/mol. The minimum atomic E-state index is -0.422. The molecule has 0 atom stereocenters. The maximum absolute atomic E-state index is 12.5. The Bertz CT molecular complexity index is 1150. The Morgan fingerprint density at radius 2 is 1.70 bits per heavy atom. The summed E-state index contributed by atoms with van der Waals surface area (Å²) >= 11 is 0. The summed E-state index contributed by atoms with van der Waals surface area (Å²) in [7, 11) is 0. The predicted octanol–water partition coefficient (Wildman–Crippen LogP) is 3.45. The number of aryl methyl sites for hydroxylation is 4. The van der Waals surface area contributed by atoms with Crippen LogP contribution in [-0.2, 0) is 11.3 Å². The van der Waals surface area contributed by atoms with Gasteiger partial charge in [-0.3, -0.25) is 14.4 Å². The van der Waals surface area contributed by atoms with E-state index < -0.39 is 5.91 Å². The first-order valence-corrected chi connectivity index (χ1v) is 9.65. The van der Waals surface area contributed by atoms with Crippen molar-refractivity contribution >= 4 is 23.2 Å². The molecule has 2 amide bonds. The molecule has 0 fully saturated rings. The van der Waals surface area contributed by atoms with E-state index in [2.05, 4.69) is 15.7 Å². The van der Waals surface area contributed by atoms with Crippen LogP contribution >= 0.6 is 0 Å². The van der Waals surface area contributed by atoms with Gasteiger partial charge in [-0.15, -0.1) is 0 Å². The zero-order chi connectivity index (χ0) is 21.7. The standard InChI is InChI=1S/C23H24N4O3/c1-15-5-4-6-18(13-15)24-23(30)19-9-10-22(29)27(26-19)12-11-21(28)25-20-14-16(2)7-8-17(20)3/h4-10,13-14H,11-12H2,1-3H3,(H,24,30)(H,25,28). The summed E-state index contributed by atoms with van der Waals surface area (Å²) in [6.45, 7) is 5.86. The second kappa shape index (κ2) is 9.17. The van der Waals surface area contributed by atoms with Crippen LogP contribution in [0.5, 0.6) is 0 Å². The lowest BCUT2D eigenvalue weighted by atomic mass is 10.1. The van der Waals surface area contributed by atoms with E-state index in [-0.39, 0.29) is 30.1 Å². The maximum atomic E-state index is 12.5. The second-order valence-corrected chi connectivity index (χ2v) is 7.22. The summed E-state index contributed by atoms with van der Waals surface area (Å²) in [5.41, 5.74) is 4.13. The summed E-state index contributed by atoms with van der Waals surface area (Å²) in [5, 5.41) is 9.73. The molecule has 30 heavy (non-hydrogen) atoms. The monoisotopic (exact) mass is 404 g/mol. The van der Waals surface area contributed by atoms with Crippen molar-refractivity contribution in [3.8, 4) is 0 Å². The normalized spacial score (nSPS) is 10.5. The molecule has 0 aliphatic heterocycles. The molecule has 0 spiro atoms. The molecule has 1 heterocycles. The Hall–Kier alpha value is -3.74. The lowest BCUT2D eigenvalue weighted by molar-refractivity contribution is -0.116. The molecule has 0 aliphatic carbocycles. The lowest BCUT2D eigenvalue weighted by Gasteiger charge is -2.10. The van der Waals surface area contributed by atoms with Gasteiger partial charge in [-0.2, -0.15) is 5.10 Å². The van der Waals surface area contributed by atoms with E-state index in [1.165, 1.54) is 12.1 Å². The highest BCUT2D eigenvalue weighted by molar-refractivity contribution is 6.02.